The fraction of sp³-hybridized carbons (Fsp3) is 0.667. The fourth-order valence-corrected chi connectivity index (χ4v) is 51.1. The lowest BCUT2D eigenvalue weighted by molar-refractivity contribution is -0.108. The first-order valence-corrected chi connectivity index (χ1v) is 18.2. The molecule has 0 saturated carbocycles. The molecule has 0 aromatic rings. The Bertz CT molecular complexity index is 425. The number of rotatable bonds is 2. The van der Waals surface area contributed by atoms with E-state index in [1.54, 1.807) is 0 Å². The van der Waals surface area contributed by atoms with Gasteiger partial charge in [0.2, 0.25) is 0 Å². The van der Waals surface area contributed by atoms with E-state index in [9.17, 15) is 4.79 Å². The first-order chi connectivity index (χ1) is 8.26. The predicted octanol–water partition coefficient (Wildman–Crippen LogP) is 4.46. The first-order valence-electron chi connectivity index (χ1n) is 7.20. The highest BCUT2D eigenvalue weighted by atomic mass is 29.6. The van der Waals surface area contributed by atoms with Crippen molar-refractivity contribution >= 4 is 27.7 Å². The van der Waals surface area contributed by atoms with Gasteiger partial charge in [-0.05, 0) is 11.5 Å². The van der Waals surface area contributed by atoms with E-state index in [0.29, 0.717) is 5.41 Å². The van der Waals surface area contributed by atoms with Gasteiger partial charge in [-0.1, -0.05) is 77.4 Å². The lowest BCUT2D eigenvalue weighted by Gasteiger charge is -2.53. The number of hydrogen-bond donors (Lipinski definition) is 0. The molecule has 1 rings (SSSR count). The fourth-order valence-electron chi connectivity index (χ4n) is 4.10. The van der Waals surface area contributed by atoms with Gasteiger partial charge in [-0.25, -0.2) is 0 Å². The molecule has 0 aromatic carbocycles. The van der Waals surface area contributed by atoms with Crippen molar-refractivity contribution in [1.29, 1.82) is 0 Å². The van der Waals surface area contributed by atoms with E-state index in [1.165, 1.54) is 5.20 Å². The summed E-state index contributed by atoms with van der Waals surface area (Å²) in [4.78, 5) is 13.1. The van der Waals surface area contributed by atoms with Gasteiger partial charge in [0.25, 0.3) is 0 Å². The van der Waals surface area contributed by atoms with Crippen LogP contribution in [0.2, 0.25) is 39.3 Å². The monoisotopic (exact) mass is 310 g/mol. The summed E-state index contributed by atoms with van der Waals surface area (Å²) in [6.07, 6.45) is 6.18. The van der Waals surface area contributed by atoms with Crippen LogP contribution in [0.4, 0.5) is 0 Å². The summed E-state index contributed by atoms with van der Waals surface area (Å²) in [6.45, 7) is 21.4. The van der Waals surface area contributed by atoms with Crippen LogP contribution in [0, 0.1) is 5.41 Å². The first kappa shape index (κ1) is 16.9. The molecule has 1 aliphatic heterocycles. The van der Waals surface area contributed by atoms with E-state index in [0.717, 1.165) is 0 Å². The Morgan fingerprint density at radius 1 is 0.947 bits per heavy atom. The molecule has 1 aliphatic rings. The number of carbonyl (C=O) groups excluding carboxylic acids is 1. The number of carbonyl (C=O) groups is 1. The molecule has 0 saturated heterocycles. The zero-order valence-corrected chi connectivity index (χ0v) is 17.1. The smallest absolute Gasteiger partial charge is 0.148 e. The Hall–Kier alpha value is -0.199. The van der Waals surface area contributed by atoms with Crippen LogP contribution < -0.4 is 0 Å². The molecule has 0 spiro atoms. The summed E-state index contributed by atoms with van der Waals surface area (Å²) in [6, 6.07) is 0. The van der Waals surface area contributed by atoms with Crippen LogP contribution in [-0.2, 0) is 4.79 Å². The minimum absolute atomic E-state index is 0.118. The number of allylic oxidation sites excluding steroid dienone is 4. The summed E-state index contributed by atoms with van der Waals surface area (Å²) >= 11 is 0. The summed E-state index contributed by atoms with van der Waals surface area (Å²) in [5.41, 5.74) is 0.118. The maximum Gasteiger partial charge on any atom is 0.148 e. The van der Waals surface area contributed by atoms with Gasteiger partial charge in [0.1, 0.15) is 12.5 Å². The molecule has 1 heterocycles. The highest BCUT2D eigenvalue weighted by molar-refractivity contribution is 7.80. The second-order valence-corrected chi connectivity index (χ2v) is 35.3. The van der Waals surface area contributed by atoms with Crippen LogP contribution in [0.1, 0.15) is 20.8 Å². The maximum absolute atomic E-state index is 13.1. The van der Waals surface area contributed by atoms with Crippen LogP contribution in [0.3, 0.4) is 0 Å². The van der Waals surface area contributed by atoms with Crippen LogP contribution >= 0.6 is 0 Å². The lowest BCUT2D eigenvalue weighted by Crippen LogP contribution is -2.78. The molecule has 108 valence electrons. The van der Waals surface area contributed by atoms with Gasteiger partial charge in [0.15, 0.2) is 0 Å². The molecule has 4 heteroatoms. The lowest BCUT2D eigenvalue weighted by atomic mass is 9.95. The van der Waals surface area contributed by atoms with Gasteiger partial charge in [0.05, 0.1) is 15.2 Å². The molecule has 0 N–H and O–H groups in total. The highest BCUT2D eigenvalue weighted by Gasteiger charge is 2.63. The molecule has 0 amide bonds. The minimum Gasteiger partial charge on any atom is -0.301 e. The average molecular weight is 311 g/mol. The quantitative estimate of drug-likeness (QED) is 0.688. The largest absolute Gasteiger partial charge is 0.301 e. The van der Waals surface area contributed by atoms with E-state index in [-0.39, 0.29) is 5.41 Å². The average Bonchev–Trinajstić information content (AvgIpc) is 2.11. The zero-order chi connectivity index (χ0) is 15.3. The van der Waals surface area contributed by atoms with Gasteiger partial charge < -0.3 is 4.79 Å². The Kier molecular flexibility index (Phi) is 4.14. The second-order valence-electron chi connectivity index (χ2n) is 8.80. The second kappa shape index (κ2) is 4.67. The molecule has 0 radical (unpaired) electrons. The van der Waals surface area contributed by atoms with Crippen molar-refractivity contribution in [2.75, 3.05) is 0 Å². The molecule has 0 unspecified atom stereocenters. The van der Waals surface area contributed by atoms with Crippen LogP contribution in [0.5, 0.6) is 0 Å². The molecule has 0 fully saturated rings. The van der Waals surface area contributed by atoms with E-state index in [4.69, 9.17) is 0 Å². The predicted molar refractivity (Wildman–Crippen MR) is 94.1 cm³/mol. The van der Waals surface area contributed by atoms with E-state index >= 15 is 0 Å². The maximum atomic E-state index is 13.1. The topological polar surface area (TPSA) is 17.1 Å². The Labute approximate surface area is 121 Å². The molecule has 0 aliphatic carbocycles. The molecule has 1 nitrogen and oxygen atoms in total. The van der Waals surface area contributed by atoms with E-state index in [1.807, 2.05) is 12.2 Å². The third-order valence-electron chi connectivity index (χ3n) is 4.34. The Balaban J connectivity index is 3.74. The van der Waals surface area contributed by atoms with Gasteiger partial charge in [-0.3, -0.25) is 0 Å². The van der Waals surface area contributed by atoms with Crippen molar-refractivity contribution in [2.24, 2.45) is 5.41 Å². The van der Waals surface area contributed by atoms with Crippen molar-refractivity contribution in [3.63, 3.8) is 0 Å². The Morgan fingerprint density at radius 3 is 1.63 bits per heavy atom. The third-order valence-corrected chi connectivity index (χ3v) is 41.6. The SMILES string of the molecule is CC(C)(C)C1=CC=CC(=O)[Si]1([Si](C)(C)C)[Si](C)(C)C. The standard InChI is InChI=1S/C15H30OSi3/c1-15(2,3)13-11-10-12-14(16)19(13,17(4,5)6)18(7,8)9/h10-12H,1-9H3. The molecular weight excluding hydrogens is 280 g/mol. The van der Waals surface area contributed by atoms with Crippen LogP contribution in [0.25, 0.3) is 0 Å². The normalized spacial score (nSPS) is 20.5. The molecule has 0 bridgehead atoms. The molecule has 19 heavy (non-hydrogen) atoms. The minimum atomic E-state index is -2.04. The van der Waals surface area contributed by atoms with Crippen molar-refractivity contribution in [1.82, 2.24) is 0 Å². The number of hydrogen-bond acceptors (Lipinski definition) is 1. The summed E-state index contributed by atoms with van der Waals surface area (Å²) < 4.78 is 0. The van der Waals surface area contributed by atoms with E-state index < -0.39 is 22.3 Å². The van der Waals surface area contributed by atoms with Gasteiger partial charge in [-0.2, -0.15) is 0 Å². The van der Waals surface area contributed by atoms with Gasteiger partial charge in [-0.15, -0.1) is 0 Å². The van der Waals surface area contributed by atoms with Crippen LogP contribution in [0.15, 0.2) is 23.4 Å². The van der Waals surface area contributed by atoms with Crippen molar-refractivity contribution in [2.45, 2.75) is 60.1 Å². The molecule has 0 atom stereocenters. The zero-order valence-electron chi connectivity index (χ0n) is 14.1. The third kappa shape index (κ3) is 2.54. The molecular formula is C15H30OSi3. The van der Waals surface area contributed by atoms with Crippen molar-refractivity contribution in [3.8, 4) is 0 Å². The summed E-state index contributed by atoms with van der Waals surface area (Å²) in [7, 11) is -5.13. The summed E-state index contributed by atoms with van der Waals surface area (Å²) in [5, 5.41) is 2.03. The summed E-state index contributed by atoms with van der Waals surface area (Å²) in [5.74, 6) is 0. The molecule has 0 aromatic heterocycles. The van der Waals surface area contributed by atoms with Gasteiger partial charge in [0, 0.05) is 0 Å². The van der Waals surface area contributed by atoms with Crippen molar-refractivity contribution in [3.05, 3.63) is 23.4 Å². The van der Waals surface area contributed by atoms with Crippen LogP contribution in [-0.4, -0.2) is 27.7 Å². The van der Waals surface area contributed by atoms with Crippen molar-refractivity contribution < 1.29 is 4.79 Å². The van der Waals surface area contributed by atoms with E-state index in [2.05, 4.69) is 66.1 Å². The van der Waals surface area contributed by atoms with Gasteiger partial charge >= 0.3 is 0 Å². The Morgan fingerprint density at radius 2 is 1.37 bits per heavy atom. The highest BCUT2D eigenvalue weighted by Crippen LogP contribution is 2.45.